The maximum Gasteiger partial charge on any atom is 1.00 e. The Balaban J connectivity index is 0.00000121. The zero-order valence-electron chi connectivity index (χ0n) is 7.24. The molecule has 4 heteroatoms. The topological polar surface area (TPSA) is 40.1 Å². The molecule has 0 N–H and O–H groups in total. The van der Waals surface area contributed by atoms with Crippen LogP contribution in [-0.2, 0) is 17.5 Å². The van der Waals surface area contributed by atoms with Crippen molar-refractivity contribution in [3.8, 4) is 0 Å². The normalized spacial score (nSPS) is 11.8. The second-order valence-corrected chi connectivity index (χ2v) is 3.11. The molecule has 12 heavy (non-hydrogen) atoms. The van der Waals surface area contributed by atoms with Crippen molar-refractivity contribution in [2.24, 2.45) is 0 Å². The zero-order valence-corrected chi connectivity index (χ0v) is 8.06. The van der Waals surface area contributed by atoms with E-state index in [1.807, 2.05) is 19.1 Å². The summed E-state index contributed by atoms with van der Waals surface area (Å²) in [6, 6.07) is 7.01. The van der Waals surface area contributed by atoms with Crippen LogP contribution in [0.2, 0.25) is 0 Å². The summed E-state index contributed by atoms with van der Waals surface area (Å²) in [7, 11) is 0. The second kappa shape index (κ2) is 5.55. The van der Waals surface area contributed by atoms with E-state index in [0.717, 1.165) is 12.0 Å². The quantitative estimate of drug-likeness (QED) is 0.406. The monoisotopic (exact) mass is 176 g/mol. The molecular formula is C8H9LiO2S. The van der Waals surface area contributed by atoms with E-state index < -0.39 is 11.1 Å². The molecule has 0 aliphatic heterocycles. The van der Waals surface area contributed by atoms with Gasteiger partial charge in [0, 0.05) is 4.90 Å². The summed E-state index contributed by atoms with van der Waals surface area (Å²) < 4.78 is 21.2. The van der Waals surface area contributed by atoms with Crippen LogP contribution in [0.3, 0.4) is 0 Å². The van der Waals surface area contributed by atoms with Crippen molar-refractivity contribution >= 4 is 11.1 Å². The van der Waals surface area contributed by atoms with Gasteiger partial charge in [0.25, 0.3) is 0 Å². The van der Waals surface area contributed by atoms with Crippen LogP contribution in [0.15, 0.2) is 29.2 Å². The van der Waals surface area contributed by atoms with E-state index in [1.165, 1.54) is 0 Å². The Kier molecular flexibility index (Phi) is 5.52. The van der Waals surface area contributed by atoms with Gasteiger partial charge in [0.2, 0.25) is 0 Å². The van der Waals surface area contributed by atoms with Crippen LogP contribution in [-0.4, -0.2) is 8.76 Å². The molecule has 0 bridgehead atoms. The first-order valence-electron chi connectivity index (χ1n) is 3.43. The fourth-order valence-corrected chi connectivity index (χ4v) is 1.57. The number of rotatable bonds is 2. The van der Waals surface area contributed by atoms with Gasteiger partial charge in [-0.2, -0.15) is 0 Å². The second-order valence-electron chi connectivity index (χ2n) is 2.20. The van der Waals surface area contributed by atoms with Gasteiger partial charge in [-0.15, -0.1) is 0 Å². The SMILES string of the molecule is CCc1ccccc1S(=O)[O-].[Li+]. The largest absolute Gasteiger partial charge is 1.00 e. The van der Waals surface area contributed by atoms with Gasteiger partial charge in [0.1, 0.15) is 0 Å². The minimum atomic E-state index is -2.09. The smallest absolute Gasteiger partial charge is 0.768 e. The summed E-state index contributed by atoms with van der Waals surface area (Å²) in [4.78, 5) is 0.412. The predicted octanol–water partition coefficient (Wildman–Crippen LogP) is -1.51. The number of benzene rings is 1. The van der Waals surface area contributed by atoms with Crippen molar-refractivity contribution < 1.29 is 27.6 Å². The van der Waals surface area contributed by atoms with E-state index in [1.54, 1.807) is 12.1 Å². The van der Waals surface area contributed by atoms with E-state index in [9.17, 15) is 8.76 Å². The molecule has 60 valence electrons. The molecule has 0 heterocycles. The standard InChI is InChI=1S/C8H10O2S.Li/c1-2-7-5-3-4-6-8(7)11(9)10;/h3-6H,2H2,1H3,(H,9,10);/q;+1/p-1. The fourth-order valence-electron chi connectivity index (χ4n) is 0.959. The molecule has 1 unspecified atom stereocenters. The molecule has 1 aromatic rings. The van der Waals surface area contributed by atoms with Gasteiger partial charge in [-0.05, 0) is 29.1 Å². The van der Waals surface area contributed by atoms with Gasteiger partial charge >= 0.3 is 18.9 Å². The molecule has 0 aromatic heterocycles. The van der Waals surface area contributed by atoms with Crippen LogP contribution in [0.4, 0.5) is 0 Å². The molecule has 0 spiro atoms. The zero-order chi connectivity index (χ0) is 8.27. The molecule has 0 aliphatic carbocycles. The molecule has 0 fully saturated rings. The molecule has 1 aromatic carbocycles. The number of hydrogen-bond donors (Lipinski definition) is 0. The summed E-state index contributed by atoms with van der Waals surface area (Å²) in [5.74, 6) is 0. The Morgan fingerprint density at radius 3 is 2.42 bits per heavy atom. The van der Waals surface area contributed by atoms with Gasteiger partial charge in [0.05, 0.1) is 0 Å². The van der Waals surface area contributed by atoms with Crippen molar-refractivity contribution in [1.82, 2.24) is 0 Å². The van der Waals surface area contributed by atoms with Gasteiger partial charge < -0.3 is 4.55 Å². The van der Waals surface area contributed by atoms with Crippen molar-refractivity contribution in [2.45, 2.75) is 18.2 Å². The van der Waals surface area contributed by atoms with E-state index in [-0.39, 0.29) is 18.9 Å². The average molecular weight is 176 g/mol. The first kappa shape index (κ1) is 11.9. The summed E-state index contributed by atoms with van der Waals surface area (Å²) >= 11 is -2.09. The molecule has 1 rings (SSSR count). The van der Waals surface area contributed by atoms with Crippen LogP contribution in [0, 0.1) is 0 Å². The summed E-state index contributed by atoms with van der Waals surface area (Å²) in [6.07, 6.45) is 0.754. The number of hydrogen-bond acceptors (Lipinski definition) is 2. The molecule has 0 amide bonds. The van der Waals surface area contributed by atoms with Gasteiger partial charge in [-0.3, -0.25) is 4.21 Å². The van der Waals surface area contributed by atoms with E-state index in [4.69, 9.17) is 0 Å². The molecule has 0 aliphatic rings. The molecule has 0 saturated heterocycles. The Bertz CT molecular complexity index is 276. The maximum absolute atomic E-state index is 10.6. The summed E-state index contributed by atoms with van der Waals surface area (Å²) in [6.45, 7) is 1.94. The van der Waals surface area contributed by atoms with Gasteiger partial charge in [-0.1, -0.05) is 25.1 Å². The van der Waals surface area contributed by atoms with E-state index in [0.29, 0.717) is 4.90 Å². The third-order valence-corrected chi connectivity index (χ3v) is 2.29. The molecule has 0 saturated carbocycles. The first-order chi connectivity index (χ1) is 5.25. The van der Waals surface area contributed by atoms with Crippen molar-refractivity contribution in [2.75, 3.05) is 0 Å². The molecular weight excluding hydrogens is 167 g/mol. The van der Waals surface area contributed by atoms with Crippen molar-refractivity contribution in [3.05, 3.63) is 29.8 Å². The molecule has 0 radical (unpaired) electrons. The van der Waals surface area contributed by atoms with Crippen LogP contribution >= 0.6 is 0 Å². The predicted molar refractivity (Wildman–Crippen MR) is 43.0 cm³/mol. The van der Waals surface area contributed by atoms with Gasteiger partial charge in [0.15, 0.2) is 0 Å². The van der Waals surface area contributed by atoms with E-state index >= 15 is 0 Å². The third-order valence-electron chi connectivity index (χ3n) is 1.53. The Hall–Kier alpha value is -0.0726. The molecule has 1 atom stereocenters. The molecule has 2 nitrogen and oxygen atoms in total. The summed E-state index contributed by atoms with van der Waals surface area (Å²) in [5, 5.41) is 0. The fraction of sp³-hybridized carbons (Fsp3) is 0.250. The average Bonchev–Trinajstić information content (AvgIpc) is 2.04. The van der Waals surface area contributed by atoms with Crippen molar-refractivity contribution in [1.29, 1.82) is 0 Å². The van der Waals surface area contributed by atoms with Crippen LogP contribution < -0.4 is 18.9 Å². The first-order valence-corrected chi connectivity index (χ1v) is 4.50. The van der Waals surface area contributed by atoms with E-state index in [2.05, 4.69) is 0 Å². The Labute approximate surface area is 86.8 Å². The third kappa shape index (κ3) is 2.76. The maximum atomic E-state index is 10.6. The van der Waals surface area contributed by atoms with Crippen LogP contribution in [0.5, 0.6) is 0 Å². The minimum Gasteiger partial charge on any atom is -0.768 e. The number of aryl methyl sites for hydroxylation is 1. The minimum absolute atomic E-state index is 0. The van der Waals surface area contributed by atoms with Crippen LogP contribution in [0.25, 0.3) is 0 Å². The summed E-state index contributed by atoms with van der Waals surface area (Å²) in [5.41, 5.74) is 0.876. The van der Waals surface area contributed by atoms with Crippen LogP contribution in [0.1, 0.15) is 12.5 Å². The van der Waals surface area contributed by atoms with Gasteiger partial charge in [-0.25, -0.2) is 0 Å². The Morgan fingerprint density at radius 1 is 1.42 bits per heavy atom. The van der Waals surface area contributed by atoms with Crippen molar-refractivity contribution in [3.63, 3.8) is 0 Å². The Morgan fingerprint density at radius 2 is 2.00 bits per heavy atom.